The van der Waals surface area contributed by atoms with Gasteiger partial charge in [-0.25, -0.2) is 0 Å². The van der Waals surface area contributed by atoms with Gasteiger partial charge in [0, 0.05) is 6.42 Å². The fraction of sp³-hybridized carbons (Fsp3) is 0.278. The highest BCUT2D eigenvalue weighted by Gasteiger charge is 2.14. The van der Waals surface area contributed by atoms with Gasteiger partial charge in [0.05, 0.1) is 12.7 Å². The fourth-order valence-corrected chi connectivity index (χ4v) is 2.07. The van der Waals surface area contributed by atoms with Crippen LogP contribution in [0.15, 0.2) is 60.7 Å². The first-order valence-corrected chi connectivity index (χ1v) is 7.03. The minimum absolute atomic E-state index is 0.104. The Labute approximate surface area is 125 Å². The molecule has 0 aliphatic carbocycles. The zero-order chi connectivity index (χ0) is 14.9. The van der Waals surface area contributed by atoms with E-state index in [1.807, 2.05) is 60.7 Å². The standard InChI is InChI=1S/C18H20O3/c1-15(19)12-18(17-10-6-3-7-11-17)21-14-20-13-16-8-4-2-5-9-16/h2-11,18H,12-14H2,1H3/t18-/m0/s1. The summed E-state index contributed by atoms with van der Waals surface area (Å²) >= 11 is 0. The minimum atomic E-state index is -0.250. The molecule has 3 nitrogen and oxygen atoms in total. The molecular weight excluding hydrogens is 264 g/mol. The lowest BCUT2D eigenvalue weighted by atomic mass is 10.1. The van der Waals surface area contributed by atoms with Crippen LogP contribution in [0.5, 0.6) is 0 Å². The number of Topliss-reactive ketones (excluding diaryl/α,β-unsaturated/α-hetero) is 1. The minimum Gasteiger partial charge on any atom is -0.351 e. The Morgan fingerprint density at radius 3 is 2.24 bits per heavy atom. The highest BCUT2D eigenvalue weighted by atomic mass is 16.7. The van der Waals surface area contributed by atoms with Gasteiger partial charge < -0.3 is 9.47 Å². The molecule has 0 radical (unpaired) electrons. The monoisotopic (exact) mass is 284 g/mol. The lowest BCUT2D eigenvalue weighted by Crippen LogP contribution is -2.11. The number of rotatable bonds is 8. The van der Waals surface area contributed by atoms with E-state index in [9.17, 15) is 4.79 Å². The second-order valence-electron chi connectivity index (χ2n) is 4.92. The summed E-state index contributed by atoms with van der Waals surface area (Å²) in [4.78, 5) is 11.4. The molecule has 0 saturated carbocycles. The van der Waals surface area contributed by atoms with Crippen molar-refractivity contribution in [3.05, 3.63) is 71.8 Å². The molecule has 2 rings (SSSR count). The maximum absolute atomic E-state index is 11.4. The van der Waals surface area contributed by atoms with Crippen molar-refractivity contribution in [2.75, 3.05) is 6.79 Å². The third-order valence-electron chi connectivity index (χ3n) is 3.11. The van der Waals surface area contributed by atoms with Gasteiger partial charge in [-0.3, -0.25) is 4.79 Å². The van der Waals surface area contributed by atoms with Crippen molar-refractivity contribution in [1.82, 2.24) is 0 Å². The molecule has 2 aromatic rings. The van der Waals surface area contributed by atoms with Crippen molar-refractivity contribution < 1.29 is 14.3 Å². The summed E-state index contributed by atoms with van der Waals surface area (Å²) in [6.07, 6.45) is 0.109. The molecule has 0 aromatic heterocycles. The van der Waals surface area contributed by atoms with Gasteiger partial charge in [0.1, 0.15) is 12.6 Å². The maximum Gasteiger partial charge on any atom is 0.148 e. The van der Waals surface area contributed by atoms with E-state index in [2.05, 4.69) is 0 Å². The summed E-state index contributed by atoms with van der Waals surface area (Å²) in [6.45, 7) is 2.24. The number of hydrogen-bond acceptors (Lipinski definition) is 3. The SMILES string of the molecule is CC(=O)C[C@H](OCOCc1ccccc1)c1ccccc1. The summed E-state index contributed by atoms with van der Waals surface area (Å²) < 4.78 is 11.2. The Hall–Kier alpha value is -1.97. The lowest BCUT2D eigenvalue weighted by molar-refractivity contribution is -0.127. The quantitative estimate of drug-likeness (QED) is 0.545. The largest absolute Gasteiger partial charge is 0.351 e. The Kier molecular flexibility index (Phi) is 6.13. The molecule has 0 unspecified atom stereocenters. The van der Waals surface area contributed by atoms with Gasteiger partial charge in [-0.1, -0.05) is 60.7 Å². The highest BCUT2D eigenvalue weighted by molar-refractivity contribution is 5.76. The zero-order valence-electron chi connectivity index (χ0n) is 12.2. The van der Waals surface area contributed by atoms with Crippen molar-refractivity contribution in [3.63, 3.8) is 0 Å². The molecule has 3 heteroatoms. The van der Waals surface area contributed by atoms with E-state index in [0.717, 1.165) is 11.1 Å². The molecule has 0 bridgehead atoms. The van der Waals surface area contributed by atoms with Crippen LogP contribution in [0, 0.1) is 0 Å². The Balaban J connectivity index is 1.83. The van der Waals surface area contributed by atoms with Crippen LogP contribution in [0.1, 0.15) is 30.6 Å². The molecule has 0 fully saturated rings. The van der Waals surface area contributed by atoms with Gasteiger partial charge in [0.2, 0.25) is 0 Å². The van der Waals surface area contributed by atoms with Crippen LogP contribution in [0.25, 0.3) is 0 Å². The van der Waals surface area contributed by atoms with Crippen LogP contribution in [-0.4, -0.2) is 12.6 Å². The van der Waals surface area contributed by atoms with Crippen molar-refractivity contribution in [2.24, 2.45) is 0 Å². The van der Waals surface area contributed by atoms with E-state index in [1.165, 1.54) is 0 Å². The summed E-state index contributed by atoms with van der Waals surface area (Å²) in [5, 5.41) is 0. The van der Waals surface area contributed by atoms with Crippen LogP contribution in [0.4, 0.5) is 0 Å². The van der Waals surface area contributed by atoms with Crippen LogP contribution in [0.2, 0.25) is 0 Å². The number of ether oxygens (including phenoxy) is 2. The predicted molar refractivity (Wildman–Crippen MR) is 81.7 cm³/mol. The second-order valence-corrected chi connectivity index (χ2v) is 4.92. The molecule has 0 N–H and O–H groups in total. The second kappa shape index (κ2) is 8.35. The van der Waals surface area contributed by atoms with E-state index < -0.39 is 0 Å². The number of hydrogen-bond donors (Lipinski definition) is 0. The first kappa shape index (κ1) is 15.4. The average molecular weight is 284 g/mol. The van der Waals surface area contributed by atoms with Crippen LogP contribution in [0.3, 0.4) is 0 Å². The molecule has 2 aromatic carbocycles. The van der Waals surface area contributed by atoms with Crippen molar-refractivity contribution in [1.29, 1.82) is 0 Å². The van der Waals surface area contributed by atoms with Gasteiger partial charge in [-0.15, -0.1) is 0 Å². The molecule has 0 amide bonds. The zero-order valence-corrected chi connectivity index (χ0v) is 12.2. The van der Waals surface area contributed by atoms with Crippen molar-refractivity contribution >= 4 is 5.78 Å². The van der Waals surface area contributed by atoms with E-state index in [-0.39, 0.29) is 18.7 Å². The molecule has 110 valence electrons. The molecule has 0 spiro atoms. The average Bonchev–Trinajstić information content (AvgIpc) is 2.52. The van der Waals surface area contributed by atoms with Gasteiger partial charge in [0.15, 0.2) is 0 Å². The molecule has 0 heterocycles. The van der Waals surface area contributed by atoms with E-state index >= 15 is 0 Å². The van der Waals surface area contributed by atoms with E-state index in [1.54, 1.807) is 6.92 Å². The Morgan fingerprint density at radius 2 is 1.62 bits per heavy atom. The smallest absolute Gasteiger partial charge is 0.148 e. The molecular formula is C18H20O3. The predicted octanol–water partition coefficient (Wildman–Crippen LogP) is 3.90. The Bertz CT molecular complexity index is 537. The number of benzene rings is 2. The third kappa shape index (κ3) is 5.50. The van der Waals surface area contributed by atoms with Gasteiger partial charge in [0.25, 0.3) is 0 Å². The molecule has 0 saturated heterocycles. The summed E-state index contributed by atoms with van der Waals surface area (Å²) in [5.74, 6) is 0.104. The van der Waals surface area contributed by atoms with Gasteiger partial charge >= 0.3 is 0 Å². The maximum atomic E-state index is 11.4. The van der Waals surface area contributed by atoms with E-state index in [0.29, 0.717) is 13.0 Å². The fourth-order valence-electron chi connectivity index (χ4n) is 2.07. The summed E-state index contributed by atoms with van der Waals surface area (Å²) in [6, 6.07) is 19.7. The first-order chi connectivity index (χ1) is 10.3. The highest BCUT2D eigenvalue weighted by Crippen LogP contribution is 2.21. The number of carbonyl (C=O) groups is 1. The van der Waals surface area contributed by atoms with E-state index in [4.69, 9.17) is 9.47 Å². The number of ketones is 1. The molecule has 0 aliphatic heterocycles. The molecule has 21 heavy (non-hydrogen) atoms. The van der Waals surface area contributed by atoms with Gasteiger partial charge in [-0.05, 0) is 18.1 Å². The van der Waals surface area contributed by atoms with Crippen LogP contribution in [-0.2, 0) is 20.9 Å². The first-order valence-electron chi connectivity index (χ1n) is 7.03. The van der Waals surface area contributed by atoms with Crippen molar-refractivity contribution in [2.45, 2.75) is 26.1 Å². The lowest BCUT2D eigenvalue weighted by Gasteiger charge is -2.17. The third-order valence-corrected chi connectivity index (χ3v) is 3.11. The topological polar surface area (TPSA) is 35.5 Å². The van der Waals surface area contributed by atoms with Gasteiger partial charge in [-0.2, -0.15) is 0 Å². The van der Waals surface area contributed by atoms with Crippen LogP contribution < -0.4 is 0 Å². The van der Waals surface area contributed by atoms with Crippen molar-refractivity contribution in [3.8, 4) is 0 Å². The normalized spacial score (nSPS) is 12.0. The van der Waals surface area contributed by atoms with Crippen LogP contribution >= 0.6 is 0 Å². The summed E-state index contributed by atoms with van der Waals surface area (Å²) in [7, 11) is 0. The molecule has 0 aliphatic rings. The molecule has 1 atom stereocenters. The Morgan fingerprint density at radius 1 is 1.00 bits per heavy atom. The number of carbonyl (C=O) groups excluding carboxylic acids is 1. The summed E-state index contributed by atoms with van der Waals surface area (Å²) in [5.41, 5.74) is 2.10.